The molecule has 1 atom stereocenters. The summed E-state index contributed by atoms with van der Waals surface area (Å²) >= 11 is 3.39. The van der Waals surface area contributed by atoms with Crippen LogP contribution in [0.25, 0.3) is 22.6 Å². The highest BCUT2D eigenvalue weighted by Crippen LogP contribution is 2.45. The van der Waals surface area contributed by atoms with Crippen LogP contribution in [0.3, 0.4) is 0 Å². The number of carbonyl (C=O) groups is 1. The number of methoxy groups -OCH3 is 1. The van der Waals surface area contributed by atoms with Gasteiger partial charge in [-0.05, 0) is 81.1 Å². The Hall–Kier alpha value is -2.86. The highest BCUT2D eigenvalue weighted by molar-refractivity contribution is 9.10. The molecule has 32 heavy (non-hydrogen) atoms. The van der Waals surface area contributed by atoms with E-state index in [1.807, 2.05) is 36.4 Å². The summed E-state index contributed by atoms with van der Waals surface area (Å²) < 4.78 is 5.84. The van der Waals surface area contributed by atoms with E-state index in [0.717, 1.165) is 28.8 Å². The molecule has 2 aromatic carbocycles. The molecule has 5 nitrogen and oxygen atoms in total. The molecule has 1 aliphatic rings. The molecule has 0 bridgehead atoms. The molecule has 0 amide bonds. The number of rotatable bonds is 3. The van der Waals surface area contributed by atoms with E-state index in [0.29, 0.717) is 33.1 Å². The van der Waals surface area contributed by atoms with Crippen LogP contribution < -0.4 is 4.74 Å². The van der Waals surface area contributed by atoms with E-state index < -0.39 is 5.97 Å². The molecule has 0 saturated heterocycles. The van der Waals surface area contributed by atoms with Gasteiger partial charge in [0.1, 0.15) is 0 Å². The second-order valence-corrected chi connectivity index (χ2v) is 10.2. The van der Waals surface area contributed by atoms with Crippen molar-refractivity contribution in [1.29, 1.82) is 0 Å². The Morgan fingerprint density at radius 1 is 1.22 bits per heavy atom. The van der Waals surface area contributed by atoms with E-state index in [1.54, 1.807) is 6.07 Å². The number of ether oxygens (including phenoxy) is 1. The quantitative estimate of drug-likeness (QED) is 0.430. The minimum absolute atomic E-state index is 0.00850. The number of allylic oxidation sites excluding steroid dienone is 1. The number of aromatic nitrogens is 1. The number of phenols is 1. The van der Waals surface area contributed by atoms with E-state index in [4.69, 9.17) is 9.72 Å². The summed E-state index contributed by atoms with van der Waals surface area (Å²) in [6, 6.07) is 11.0. The smallest absolute Gasteiger partial charge is 0.336 e. The first-order chi connectivity index (χ1) is 15.1. The Bertz CT molecular complexity index is 1260. The summed E-state index contributed by atoms with van der Waals surface area (Å²) in [6.45, 7) is 6.57. The summed E-state index contributed by atoms with van der Waals surface area (Å²) in [4.78, 5) is 17.3. The standard InChI is InChI=1S/C26H26BrNO4/c1-26(2,3)16-12-15(9-14-10-19(27)24(29)21(11-14)32-4)23-18(13-16)22(25(30)31)17-7-5-6-8-20(17)28-23/h5-11,16,29H,12-13H2,1-4H3,(H,30,31)/b15-9+. The van der Waals surface area contributed by atoms with Crippen LogP contribution in [-0.2, 0) is 6.42 Å². The highest BCUT2D eigenvalue weighted by atomic mass is 79.9. The van der Waals surface area contributed by atoms with Crippen LogP contribution in [0.4, 0.5) is 0 Å². The van der Waals surface area contributed by atoms with Gasteiger partial charge < -0.3 is 14.9 Å². The van der Waals surface area contributed by atoms with E-state index in [9.17, 15) is 15.0 Å². The van der Waals surface area contributed by atoms with Crippen molar-refractivity contribution in [3.8, 4) is 11.5 Å². The van der Waals surface area contributed by atoms with Gasteiger partial charge in [0.15, 0.2) is 11.5 Å². The molecule has 1 unspecified atom stereocenters. The van der Waals surface area contributed by atoms with Crippen LogP contribution in [0.2, 0.25) is 0 Å². The number of para-hydroxylation sites is 1. The molecule has 0 aliphatic heterocycles. The molecule has 166 valence electrons. The summed E-state index contributed by atoms with van der Waals surface area (Å²) in [6.07, 6.45) is 3.47. The van der Waals surface area contributed by atoms with Crippen molar-refractivity contribution in [1.82, 2.24) is 4.98 Å². The number of carboxylic acid groups (broad SMARTS) is 1. The highest BCUT2D eigenvalue weighted by Gasteiger charge is 2.35. The average Bonchev–Trinajstić information content (AvgIpc) is 2.73. The number of aromatic hydroxyl groups is 1. The number of phenolic OH excluding ortho intramolecular Hbond substituents is 1. The van der Waals surface area contributed by atoms with Gasteiger partial charge in [-0.2, -0.15) is 0 Å². The molecule has 3 aromatic rings. The summed E-state index contributed by atoms with van der Waals surface area (Å²) in [5.41, 5.74) is 4.37. The molecular weight excluding hydrogens is 470 g/mol. The van der Waals surface area contributed by atoms with Gasteiger partial charge >= 0.3 is 5.97 Å². The first-order valence-electron chi connectivity index (χ1n) is 10.5. The van der Waals surface area contributed by atoms with Crippen molar-refractivity contribution in [2.75, 3.05) is 7.11 Å². The number of nitrogens with zero attached hydrogens (tertiary/aromatic N) is 1. The van der Waals surface area contributed by atoms with E-state index >= 15 is 0 Å². The number of aromatic carboxylic acids is 1. The minimum Gasteiger partial charge on any atom is -0.503 e. The van der Waals surface area contributed by atoms with Gasteiger partial charge in [0, 0.05) is 5.39 Å². The molecule has 6 heteroatoms. The summed E-state index contributed by atoms with van der Waals surface area (Å²) in [5.74, 6) is -0.261. The van der Waals surface area contributed by atoms with Gasteiger partial charge in [-0.3, -0.25) is 0 Å². The topological polar surface area (TPSA) is 79.7 Å². The van der Waals surface area contributed by atoms with Gasteiger partial charge in [0.05, 0.1) is 28.4 Å². The van der Waals surface area contributed by atoms with Gasteiger partial charge in [0.25, 0.3) is 0 Å². The predicted octanol–water partition coefficient (Wildman–Crippen LogP) is 6.56. The Balaban J connectivity index is 2.00. The molecule has 4 rings (SSSR count). The molecule has 0 saturated carbocycles. The molecule has 1 heterocycles. The van der Waals surface area contributed by atoms with Crippen LogP contribution in [-0.4, -0.2) is 28.3 Å². The average molecular weight is 496 g/mol. The van der Waals surface area contributed by atoms with Crippen LogP contribution in [0.5, 0.6) is 11.5 Å². The van der Waals surface area contributed by atoms with Crippen LogP contribution in [0.15, 0.2) is 40.9 Å². The zero-order valence-electron chi connectivity index (χ0n) is 18.6. The lowest BCUT2D eigenvalue weighted by Crippen LogP contribution is -2.28. The molecule has 2 N–H and O–H groups in total. The second-order valence-electron chi connectivity index (χ2n) is 9.33. The first-order valence-corrected chi connectivity index (χ1v) is 11.3. The lowest BCUT2D eigenvalue weighted by Gasteiger charge is -2.36. The molecule has 1 aliphatic carbocycles. The van der Waals surface area contributed by atoms with Crippen molar-refractivity contribution < 1.29 is 19.7 Å². The largest absolute Gasteiger partial charge is 0.503 e. The third-order valence-electron chi connectivity index (χ3n) is 6.26. The first kappa shape index (κ1) is 22.3. The van der Waals surface area contributed by atoms with Crippen molar-refractivity contribution >= 4 is 44.5 Å². The number of pyridine rings is 1. The normalized spacial score (nSPS) is 17.4. The Morgan fingerprint density at radius 3 is 2.59 bits per heavy atom. The van der Waals surface area contributed by atoms with E-state index in [-0.39, 0.29) is 17.1 Å². The lowest BCUT2D eigenvalue weighted by molar-refractivity contribution is 0.0696. The van der Waals surface area contributed by atoms with Crippen LogP contribution in [0, 0.1) is 11.3 Å². The lowest BCUT2D eigenvalue weighted by atomic mass is 9.69. The SMILES string of the molecule is COc1cc(/C=C2\CC(C(C)(C)C)Cc3c2nc2ccccc2c3C(=O)O)cc(Br)c1O. The number of halogens is 1. The monoisotopic (exact) mass is 495 g/mol. The zero-order valence-corrected chi connectivity index (χ0v) is 20.2. The van der Waals surface area contributed by atoms with Gasteiger partial charge in [-0.15, -0.1) is 0 Å². The Morgan fingerprint density at radius 2 is 1.94 bits per heavy atom. The number of benzene rings is 2. The van der Waals surface area contributed by atoms with Gasteiger partial charge in [0.2, 0.25) is 0 Å². The van der Waals surface area contributed by atoms with Crippen molar-refractivity contribution in [2.45, 2.75) is 33.6 Å². The molecule has 0 fully saturated rings. The fourth-order valence-corrected chi connectivity index (χ4v) is 4.87. The Labute approximate surface area is 195 Å². The molecule has 1 aromatic heterocycles. The van der Waals surface area contributed by atoms with Crippen molar-refractivity contribution in [2.24, 2.45) is 11.3 Å². The molecule has 0 radical (unpaired) electrons. The van der Waals surface area contributed by atoms with Crippen molar-refractivity contribution in [3.05, 3.63) is 63.3 Å². The fourth-order valence-electron chi connectivity index (χ4n) is 4.41. The Kier molecular flexibility index (Phi) is 5.76. The fraction of sp³-hybridized carbons (Fsp3) is 0.308. The predicted molar refractivity (Wildman–Crippen MR) is 130 cm³/mol. The maximum Gasteiger partial charge on any atom is 0.336 e. The summed E-state index contributed by atoms with van der Waals surface area (Å²) in [5, 5.41) is 21.0. The minimum atomic E-state index is -0.928. The number of carboxylic acids is 1. The van der Waals surface area contributed by atoms with Crippen LogP contribution in [0.1, 0.15) is 54.4 Å². The number of hydrogen-bond donors (Lipinski definition) is 2. The molecule has 0 spiro atoms. The zero-order chi connectivity index (χ0) is 23.2. The second kappa shape index (κ2) is 8.24. The third kappa shape index (κ3) is 3.99. The maximum atomic E-state index is 12.4. The van der Waals surface area contributed by atoms with Gasteiger partial charge in [-0.1, -0.05) is 39.0 Å². The molecular formula is C26H26BrNO4. The third-order valence-corrected chi connectivity index (χ3v) is 6.87. The number of fused-ring (bicyclic) bond motifs is 2. The summed E-state index contributed by atoms with van der Waals surface area (Å²) in [7, 11) is 1.51. The van der Waals surface area contributed by atoms with E-state index in [1.165, 1.54) is 7.11 Å². The van der Waals surface area contributed by atoms with E-state index in [2.05, 4.69) is 36.7 Å². The number of hydrogen-bond acceptors (Lipinski definition) is 4. The van der Waals surface area contributed by atoms with Crippen LogP contribution >= 0.6 is 15.9 Å². The maximum absolute atomic E-state index is 12.4. The van der Waals surface area contributed by atoms with Gasteiger partial charge in [-0.25, -0.2) is 9.78 Å². The van der Waals surface area contributed by atoms with Crippen molar-refractivity contribution in [3.63, 3.8) is 0 Å².